The van der Waals surface area contributed by atoms with Gasteiger partial charge in [0, 0.05) is 62.8 Å². The van der Waals surface area contributed by atoms with Crippen LogP contribution in [0, 0.1) is 0 Å². The van der Waals surface area contributed by atoms with Crippen molar-refractivity contribution in [2.75, 3.05) is 51.3 Å². The number of nitrogens with zero attached hydrogens (tertiary/aromatic N) is 4. The van der Waals surface area contributed by atoms with Crippen LogP contribution in [-0.2, 0) is 12.6 Å². The van der Waals surface area contributed by atoms with Gasteiger partial charge in [-0.2, -0.15) is 13.2 Å². The van der Waals surface area contributed by atoms with Crippen LogP contribution in [0.3, 0.4) is 0 Å². The smallest absolute Gasteiger partial charge is 0.434 e. The molecule has 1 aliphatic heterocycles. The van der Waals surface area contributed by atoms with Crippen LogP contribution in [0.2, 0.25) is 0 Å². The second-order valence-corrected chi connectivity index (χ2v) is 7.73. The van der Waals surface area contributed by atoms with Gasteiger partial charge >= 0.3 is 6.18 Å². The van der Waals surface area contributed by atoms with Crippen LogP contribution in [0.4, 0.5) is 18.9 Å². The Hall–Kier alpha value is -2.49. The maximum Gasteiger partial charge on any atom is 0.434 e. The lowest BCUT2D eigenvalue weighted by molar-refractivity contribution is -0.140. The Kier molecular flexibility index (Phi) is 7.41. The molecule has 0 saturated carbocycles. The van der Waals surface area contributed by atoms with E-state index in [1.165, 1.54) is 0 Å². The standard InChI is InChI=1S/C20H26F3N5OS/c1-3-24-19(25-8-7-18-26-17(14-30-18)20(21,22)23)28-11-9-27(10-12-28)15-5-4-6-16(13-15)29-2/h4-6,13-14H,3,7-12H2,1-2H3,(H,24,25). The fourth-order valence-electron chi connectivity index (χ4n) is 3.22. The number of anilines is 1. The summed E-state index contributed by atoms with van der Waals surface area (Å²) in [5, 5.41) is 4.79. The van der Waals surface area contributed by atoms with Gasteiger partial charge in [-0.05, 0) is 19.1 Å². The number of thiazole rings is 1. The molecule has 0 unspecified atom stereocenters. The highest BCUT2D eigenvalue weighted by atomic mass is 32.1. The molecule has 0 radical (unpaired) electrons. The lowest BCUT2D eigenvalue weighted by Gasteiger charge is -2.37. The molecular formula is C20H26F3N5OS. The second-order valence-electron chi connectivity index (χ2n) is 6.79. The monoisotopic (exact) mass is 441 g/mol. The Bertz CT molecular complexity index is 847. The summed E-state index contributed by atoms with van der Waals surface area (Å²) in [6, 6.07) is 8.00. The molecule has 3 rings (SSSR count). The summed E-state index contributed by atoms with van der Waals surface area (Å²) in [6.45, 7) is 6.42. The van der Waals surface area contributed by atoms with Crippen molar-refractivity contribution < 1.29 is 17.9 Å². The van der Waals surface area contributed by atoms with Crippen LogP contribution in [0.1, 0.15) is 17.6 Å². The number of hydrogen-bond acceptors (Lipinski definition) is 5. The Morgan fingerprint density at radius 3 is 2.67 bits per heavy atom. The number of halogens is 3. The van der Waals surface area contributed by atoms with Gasteiger partial charge in [-0.1, -0.05) is 6.07 Å². The van der Waals surface area contributed by atoms with E-state index < -0.39 is 11.9 Å². The summed E-state index contributed by atoms with van der Waals surface area (Å²) in [7, 11) is 1.66. The molecule has 0 atom stereocenters. The fraction of sp³-hybridized carbons (Fsp3) is 0.500. The SMILES string of the molecule is CCNC(=NCCc1nc(C(F)(F)F)cs1)N1CCN(c2cccc(OC)c2)CC1. The summed E-state index contributed by atoms with van der Waals surface area (Å²) in [6.07, 6.45) is -4.01. The van der Waals surface area contributed by atoms with E-state index in [0.717, 1.165) is 66.8 Å². The molecule has 1 aliphatic rings. The number of aliphatic imine (C=N–C) groups is 1. The lowest BCUT2D eigenvalue weighted by Crippen LogP contribution is -2.52. The summed E-state index contributed by atoms with van der Waals surface area (Å²) in [5.41, 5.74) is 0.298. The number of rotatable bonds is 6. The maximum absolute atomic E-state index is 12.7. The van der Waals surface area contributed by atoms with E-state index in [2.05, 4.69) is 31.2 Å². The molecule has 10 heteroatoms. The normalized spacial score (nSPS) is 15.4. The van der Waals surface area contributed by atoms with Gasteiger partial charge in [-0.25, -0.2) is 4.98 Å². The second kappa shape index (κ2) is 10.0. The molecule has 1 N–H and O–H groups in total. The average molecular weight is 442 g/mol. The summed E-state index contributed by atoms with van der Waals surface area (Å²) in [4.78, 5) is 12.8. The summed E-state index contributed by atoms with van der Waals surface area (Å²) in [5.74, 6) is 1.62. The number of piperazine rings is 1. The minimum atomic E-state index is -4.39. The number of aromatic nitrogens is 1. The van der Waals surface area contributed by atoms with Gasteiger partial charge in [0.1, 0.15) is 5.75 Å². The lowest BCUT2D eigenvalue weighted by atomic mass is 10.2. The molecular weight excluding hydrogens is 415 g/mol. The zero-order valence-corrected chi connectivity index (χ0v) is 17.9. The Morgan fingerprint density at radius 1 is 1.27 bits per heavy atom. The average Bonchev–Trinajstić information content (AvgIpc) is 3.23. The van der Waals surface area contributed by atoms with E-state index in [0.29, 0.717) is 18.0 Å². The van der Waals surface area contributed by atoms with Gasteiger partial charge in [0.15, 0.2) is 11.7 Å². The Balaban J connectivity index is 1.56. The third-order valence-corrected chi connectivity index (χ3v) is 5.67. The fourth-order valence-corrected chi connectivity index (χ4v) is 4.02. The summed E-state index contributed by atoms with van der Waals surface area (Å²) >= 11 is 1.03. The van der Waals surface area contributed by atoms with Crippen molar-refractivity contribution in [3.8, 4) is 5.75 Å². The minimum Gasteiger partial charge on any atom is -0.497 e. The van der Waals surface area contributed by atoms with Crippen molar-refractivity contribution in [3.05, 3.63) is 40.3 Å². The van der Waals surface area contributed by atoms with Gasteiger partial charge < -0.3 is 19.9 Å². The molecule has 0 bridgehead atoms. The van der Waals surface area contributed by atoms with E-state index in [4.69, 9.17) is 4.74 Å². The van der Waals surface area contributed by atoms with Gasteiger partial charge in [-0.15, -0.1) is 11.3 Å². The van der Waals surface area contributed by atoms with E-state index >= 15 is 0 Å². The van der Waals surface area contributed by atoms with E-state index in [1.54, 1.807) is 7.11 Å². The van der Waals surface area contributed by atoms with Crippen LogP contribution in [0.5, 0.6) is 5.75 Å². The van der Waals surface area contributed by atoms with Crippen molar-refractivity contribution in [1.82, 2.24) is 15.2 Å². The van der Waals surface area contributed by atoms with E-state index in [9.17, 15) is 13.2 Å². The zero-order chi connectivity index (χ0) is 21.6. The molecule has 2 aromatic rings. The first kappa shape index (κ1) is 22.2. The molecule has 1 aromatic heterocycles. The van der Waals surface area contributed by atoms with Gasteiger partial charge in [0.2, 0.25) is 0 Å². The number of hydrogen-bond donors (Lipinski definition) is 1. The Morgan fingerprint density at radius 2 is 2.03 bits per heavy atom. The summed E-state index contributed by atoms with van der Waals surface area (Å²) < 4.78 is 43.3. The Labute approximate surface area is 178 Å². The van der Waals surface area contributed by atoms with E-state index in [1.807, 2.05) is 25.1 Å². The van der Waals surface area contributed by atoms with Crippen LogP contribution >= 0.6 is 11.3 Å². The predicted molar refractivity (Wildman–Crippen MR) is 114 cm³/mol. The molecule has 1 aromatic carbocycles. The van der Waals surface area contributed by atoms with Crippen molar-refractivity contribution >= 4 is 23.0 Å². The quantitative estimate of drug-likeness (QED) is 0.549. The van der Waals surface area contributed by atoms with Gasteiger partial charge in [0.25, 0.3) is 0 Å². The molecule has 1 fully saturated rings. The van der Waals surface area contributed by atoms with Crippen molar-refractivity contribution in [2.24, 2.45) is 4.99 Å². The number of ether oxygens (including phenoxy) is 1. The number of guanidine groups is 1. The topological polar surface area (TPSA) is 53.0 Å². The first-order valence-electron chi connectivity index (χ1n) is 9.84. The third kappa shape index (κ3) is 5.78. The van der Waals surface area contributed by atoms with Crippen molar-refractivity contribution in [1.29, 1.82) is 0 Å². The predicted octanol–water partition coefficient (Wildman–Crippen LogP) is 3.50. The number of nitrogens with one attached hydrogen (secondary N) is 1. The molecule has 164 valence electrons. The maximum atomic E-state index is 12.7. The van der Waals surface area contributed by atoms with Crippen molar-refractivity contribution in [3.63, 3.8) is 0 Å². The molecule has 0 amide bonds. The van der Waals surface area contributed by atoms with Gasteiger partial charge in [0.05, 0.1) is 12.1 Å². The molecule has 1 saturated heterocycles. The van der Waals surface area contributed by atoms with Gasteiger partial charge in [-0.3, -0.25) is 4.99 Å². The molecule has 0 spiro atoms. The number of benzene rings is 1. The molecule has 0 aliphatic carbocycles. The highest BCUT2D eigenvalue weighted by molar-refractivity contribution is 7.09. The van der Waals surface area contributed by atoms with Crippen LogP contribution in [0.15, 0.2) is 34.6 Å². The molecule has 30 heavy (non-hydrogen) atoms. The highest BCUT2D eigenvalue weighted by Crippen LogP contribution is 2.30. The third-order valence-electron chi connectivity index (χ3n) is 4.76. The molecule has 2 heterocycles. The van der Waals surface area contributed by atoms with Crippen molar-refractivity contribution in [2.45, 2.75) is 19.5 Å². The largest absolute Gasteiger partial charge is 0.497 e. The van der Waals surface area contributed by atoms with Crippen LogP contribution in [-0.4, -0.2) is 62.2 Å². The number of alkyl halides is 3. The first-order chi connectivity index (χ1) is 14.4. The minimum absolute atomic E-state index is 0.388. The van der Waals surface area contributed by atoms with Crippen LogP contribution in [0.25, 0.3) is 0 Å². The zero-order valence-electron chi connectivity index (χ0n) is 17.1. The first-order valence-corrected chi connectivity index (χ1v) is 10.7. The number of methoxy groups -OCH3 is 1. The molecule has 6 nitrogen and oxygen atoms in total. The van der Waals surface area contributed by atoms with Crippen LogP contribution < -0.4 is 15.0 Å². The van der Waals surface area contributed by atoms with E-state index in [-0.39, 0.29) is 0 Å². The highest BCUT2D eigenvalue weighted by Gasteiger charge is 2.33.